The van der Waals surface area contributed by atoms with Crippen LogP contribution < -0.4 is 15.0 Å². The van der Waals surface area contributed by atoms with Crippen molar-refractivity contribution < 1.29 is 14.3 Å². The van der Waals surface area contributed by atoms with Crippen molar-refractivity contribution in [1.82, 2.24) is 5.32 Å². The zero-order chi connectivity index (χ0) is 18.4. The summed E-state index contributed by atoms with van der Waals surface area (Å²) < 4.78 is 5.06. The summed E-state index contributed by atoms with van der Waals surface area (Å²) >= 11 is 12.1. The number of carbonyl (C=O) groups excluding carboxylic acids is 2. The second-order valence-electron chi connectivity index (χ2n) is 5.25. The molecule has 2 amide bonds. The van der Waals surface area contributed by atoms with Crippen LogP contribution in [0, 0.1) is 0 Å². The number of ether oxygens (including phenoxy) is 1. The summed E-state index contributed by atoms with van der Waals surface area (Å²) in [6.45, 7) is 1.98. The van der Waals surface area contributed by atoms with Gasteiger partial charge in [0.15, 0.2) is 0 Å². The predicted octanol–water partition coefficient (Wildman–Crippen LogP) is 3.78. The maximum absolute atomic E-state index is 12.2. The fraction of sp³-hybridized carbons (Fsp3) is 0.222. The highest BCUT2D eigenvalue weighted by molar-refractivity contribution is 6.35. The lowest BCUT2D eigenvalue weighted by molar-refractivity contribution is -0.116. The van der Waals surface area contributed by atoms with E-state index in [0.717, 1.165) is 0 Å². The lowest BCUT2D eigenvalue weighted by atomic mass is 10.2. The van der Waals surface area contributed by atoms with Gasteiger partial charge in [-0.2, -0.15) is 0 Å². The summed E-state index contributed by atoms with van der Waals surface area (Å²) in [5.74, 6) is 0.251. The van der Waals surface area contributed by atoms with Gasteiger partial charge in [-0.25, -0.2) is 0 Å². The highest BCUT2D eigenvalue weighted by atomic mass is 35.5. The smallest absolute Gasteiger partial charge is 0.251 e. The third kappa shape index (κ3) is 5.11. The van der Waals surface area contributed by atoms with E-state index < -0.39 is 0 Å². The molecule has 0 aliphatic rings. The van der Waals surface area contributed by atoms with E-state index in [1.165, 1.54) is 11.8 Å². The molecule has 0 spiro atoms. The van der Waals surface area contributed by atoms with Crippen molar-refractivity contribution in [3.63, 3.8) is 0 Å². The Hall–Kier alpha value is -2.24. The molecule has 0 saturated carbocycles. The fourth-order valence-corrected chi connectivity index (χ4v) is 2.65. The maximum atomic E-state index is 12.2. The average molecular weight is 381 g/mol. The Labute approximate surface area is 156 Å². The lowest BCUT2D eigenvalue weighted by Crippen LogP contribution is -2.37. The number of hydrogen-bond donors (Lipinski definition) is 1. The Bertz CT molecular complexity index is 763. The van der Waals surface area contributed by atoms with Crippen molar-refractivity contribution in [1.29, 1.82) is 0 Å². The summed E-state index contributed by atoms with van der Waals surface area (Å²) in [6.07, 6.45) is 0. The maximum Gasteiger partial charge on any atom is 0.251 e. The predicted molar refractivity (Wildman–Crippen MR) is 99.8 cm³/mol. The standard InChI is InChI=1S/C18H18Cl2N2O3/c1-12(23)22(17-11-14(19)5-8-16(17)20)10-9-21-18(24)13-3-6-15(25-2)7-4-13/h3-8,11H,9-10H2,1-2H3,(H,21,24). The zero-order valence-corrected chi connectivity index (χ0v) is 15.4. The molecule has 0 heterocycles. The van der Waals surface area contributed by atoms with E-state index >= 15 is 0 Å². The van der Waals surface area contributed by atoms with Crippen LogP contribution in [-0.4, -0.2) is 32.0 Å². The van der Waals surface area contributed by atoms with Crippen LogP contribution in [0.2, 0.25) is 10.0 Å². The van der Waals surface area contributed by atoms with Crippen LogP contribution in [0.25, 0.3) is 0 Å². The van der Waals surface area contributed by atoms with Crippen LogP contribution in [0.3, 0.4) is 0 Å². The van der Waals surface area contributed by atoms with Crippen molar-refractivity contribution in [2.24, 2.45) is 0 Å². The molecular weight excluding hydrogens is 363 g/mol. The Morgan fingerprint density at radius 2 is 1.80 bits per heavy atom. The summed E-state index contributed by atoms with van der Waals surface area (Å²) in [7, 11) is 1.56. The molecule has 0 radical (unpaired) electrons. The first-order chi connectivity index (χ1) is 11.9. The van der Waals surface area contributed by atoms with Crippen LogP contribution in [0.1, 0.15) is 17.3 Å². The molecule has 25 heavy (non-hydrogen) atoms. The van der Waals surface area contributed by atoms with Gasteiger partial charge in [0.1, 0.15) is 5.75 Å². The molecule has 132 valence electrons. The summed E-state index contributed by atoms with van der Waals surface area (Å²) in [5, 5.41) is 3.67. The zero-order valence-electron chi connectivity index (χ0n) is 13.9. The van der Waals surface area contributed by atoms with Gasteiger partial charge < -0.3 is 15.0 Å². The van der Waals surface area contributed by atoms with E-state index in [1.807, 2.05) is 0 Å². The van der Waals surface area contributed by atoms with Crippen LogP contribution in [0.15, 0.2) is 42.5 Å². The molecule has 2 aromatic rings. The van der Waals surface area contributed by atoms with Gasteiger partial charge in [-0.3, -0.25) is 9.59 Å². The second kappa shape index (κ2) is 8.74. The topological polar surface area (TPSA) is 58.6 Å². The van der Waals surface area contributed by atoms with Crippen molar-refractivity contribution >= 4 is 40.7 Å². The van der Waals surface area contributed by atoms with Gasteiger partial charge in [-0.1, -0.05) is 23.2 Å². The summed E-state index contributed by atoms with van der Waals surface area (Å²) in [5.41, 5.74) is 1.02. The van der Waals surface area contributed by atoms with Crippen molar-refractivity contribution in [3.05, 3.63) is 58.1 Å². The molecule has 1 N–H and O–H groups in total. The molecule has 0 aliphatic carbocycles. The summed E-state index contributed by atoms with van der Waals surface area (Å²) in [6, 6.07) is 11.7. The van der Waals surface area contributed by atoms with E-state index in [4.69, 9.17) is 27.9 Å². The average Bonchev–Trinajstić information content (AvgIpc) is 2.60. The monoisotopic (exact) mass is 380 g/mol. The van der Waals surface area contributed by atoms with Crippen molar-refractivity contribution in [3.8, 4) is 5.75 Å². The molecule has 0 fully saturated rings. The fourth-order valence-electron chi connectivity index (χ4n) is 2.27. The molecule has 2 rings (SSSR count). The van der Waals surface area contributed by atoms with Crippen LogP contribution in [0.4, 0.5) is 5.69 Å². The third-order valence-corrected chi connectivity index (χ3v) is 4.11. The van der Waals surface area contributed by atoms with Gasteiger partial charge in [-0.15, -0.1) is 0 Å². The molecule has 5 nitrogen and oxygen atoms in total. The van der Waals surface area contributed by atoms with Gasteiger partial charge in [0.25, 0.3) is 5.91 Å². The number of nitrogens with zero attached hydrogens (tertiary/aromatic N) is 1. The Morgan fingerprint density at radius 1 is 1.12 bits per heavy atom. The van der Waals surface area contributed by atoms with Crippen molar-refractivity contribution in [2.75, 3.05) is 25.1 Å². The Balaban J connectivity index is 2.00. The van der Waals surface area contributed by atoms with Crippen LogP contribution >= 0.6 is 23.2 Å². The number of benzene rings is 2. The van der Waals surface area contributed by atoms with E-state index in [1.54, 1.807) is 49.6 Å². The molecule has 0 aliphatic heterocycles. The molecular formula is C18H18Cl2N2O3. The van der Waals surface area contributed by atoms with Gasteiger partial charge >= 0.3 is 0 Å². The number of methoxy groups -OCH3 is 1. The normalized spacial score (nSPS) is 10.2. The largest absolute Gasteiger partial charge is 0.497 e. The first-order valence-electron chi connectivity index (χ1n) is 7.57. The second-order valence-corrected chi connectivity index (χ2v) is 6.09. The number of rotatable bonds is 6. The first kappa shape index (κ1) is 19.1. The molecule has 0 unspecified atom stereocenters. The number of carbonyl (C=O) groups is 2. The number of anilines is 1. The number of amides is 2. The minimum Gasteiger partial charge on any atom is -0.497 e. The molecule has 7 heteroatoms. The van der Waals surface area contributed by atoms with Crippen molar-refractivity contribution in [2.45, 2.75) is 6.92 Å². The van der Waals surface area contributed by atoms with Crippen LogP contribution in [0.5, 0.6) is 5.75 Å². The van der Waals surface area contributed by atoms with E-state index in [-0.39, 0.29) is 24.9 Å². The minimum atomic E-state index is -0.233. The Kier molecular flexibility index (Phi) is 6.67. The molecule has 0 saturated heterocycles. The lowest BCUT2D eigenvalue weighted by Gasteiger charge is -2.22. The number of hydrogen-bond acceptors (Lipinski definition) is 3. The molecule has 2 aromatic carbocycles. The van der Waals surface area contributed by atoms with Gasteiger partial charge in [-0.05, 0) is 42.5 Å². The van der Waals surface area contributed by atoms with Gasteiger partial charge in [0, 0.05) is 30.6 Å². The summed E-state index contributed by atoms with van der Waals surface area (Å²) in [4.78, 5) is 25.5. The highest BCUT2D eigenvalue weighted by Crippen LogP contribution is 2.29. The molecule has 0 bridgehead atoms. The quantitative estimate of drug-likeness (QED) is 0.829. The van der Waals surface area contributed by atoms with E-state index in [0.29, 0.717) is 27.0 Å². The highest BCUT2D eigenvalue weighted by Gasteiger charge is 2.15. The third-order valence-electron chi connectivity index (χ3n) is 3.55. The molecule has 0 atom stereocenters. The first-order valence-corrected chi connectivity index (χ1v) is 8.33. The van der Waals surface area contributed by atoms with E-state index in [9.17, 15) is 9.59 Å². The van der Waals surface area contributed by atoms with Gasteiger partial charge in [0.2, 0.25) is 5.91 Å². The van der Waals surface area contributed by atoms with Crippen LogP contribution in [-0.2, 0) is 4.79 Å². The molecule has 0 aromatic heterocycles. The number of halogens is 2. The number of nitrogens with one attached hydrogen (secondary N) is 1. The van der Waals surface area contributed by atoms with Gasteiger partial charge in [0.05, 0.1) is 17.8 Å². The Morgan fingerprint density at radius 3 is 2.40 bits per heavy atom. The SMILES string of the molecule is COc1ccc(C(=O)NCCN(C(C)=O)c2cc(Cl)ccc2Cl)cc1. The minimum absolute atomic E-state index is 0.192. The van der Waals surface area contributed by atoms with E-state index in [2.05, 4.69) is 5.32 Å².